The van der Waals surface area contributed by atoms with Crippen molar-refractivity contribution in [3.63, 3.8) is 0 Å². The minimum absolute atomic E-state index is 0.708. The molecule has 2 heterocycles. The Morgan fingerprint density at radius 2 is 2.32 bits per heavy atom. The minimum atomic E-state index is 0.708. The lowest BCUT2D eigenvalue weighted by atomic mass is 10.2. The first kappa shape index (κ1) is 13.0. The molecule has 0 aliphatic heterocycles. The predicted molar refractivity (Wildman–Crippen MR) is 81.6 cm³/mol. The second-order valence-electron chi connectivity index (χ2n) is 5.39. The molecule has 4 heteroatoms. The molecule has 1 aliphatic rings. The molecular weight excluding hydrogens is 254 g/mol. The van der Waals surface area contributed by atoms with Gasteiger partial charge in [-0.05, 0) is 38.3 Å². The molecule has 19 heavy (non-hydrogen) atoms. The maximum atomic E-state index is 4.69. The fourth-order valence-electron chi connectivity index (χ4n) is 3.12. The summed E-state index contributed by atoms with van der Waals surface area (Å²) in [5, 5.41) is 0.794. The highest BCUT2D eigenvalue weighted by atomic mass is 32.2. The van der Waals surface area contributed by atoms with E-state index in [0.29, 0.717) is 6.04 Å². The Bertz CT molecular complexity index is 518. The number of fused-ring (bicyclic) bond motifs is 1. The summed E-state index contributed by atoms with van der Waals surface area (Å²) in [6.07, 6.45) is 10.5. The summed E-state index contributed by atoms with van der Waals surface area (Å²) >= 11 is 2.02. The maximum absolute atomic E-state index is 4.69. The number of hydrogen-bond donors (Lipinski definition) is 0. The van der Waals surface area contributed by atoms with E-state index in [9.17, 15) is 0 Å². The van der Waals surface area contributed by atoms with Gasteiger partial charge in [-0.1, -0.05) is 12.5 Å². The van der Waals surface area contributed by atoms with Crippen LogP contribution >= 0.6 is 11.8 Å². The summed E-state index contributed by atoms with van der Waals surface area (Å²) in [5.74, 6) is 0. The quantitative estimate of drug-likeness (QED) is 0.855. The second-order valence-corrected chi connectivity index (χ2v) is 6.46. The molecule has 2 aromatic rings. The lowest BCUT2D eigenvalue weighted by Crippen LogP contribution is -2.35. The van der Waals surface area contributed by atoms with Crippen LogP contribution in [0.1, 0.15) is 25.0 Å². The van der Waals surface area contributed by atoms with Crippen LogP contribution in [0.5, 0.6) is 0 Å². The fraction of sp³-hybridized carbons (Fsp3) is 0.533. The van der Waals surface area contributed by atoms with Gasteiger partial charge < -0.3 is 4.40 Å². The number of rotatable bonds is 4. The van der Waals surface area contributed by atoms with Gasteiger partial charge in [-0.3, -0.25) is 4.90 Å². The van der Waals surface area contributed by atoms with Gasteiger partial charge in [-0.2, -0.15) is 11.8 Å². The molecule has 1 aliphatic carbocycles. The third-order valence-corrected chi connectivity index (χ3v) is 5.27. The van der Waals surface area contributed by atoms with Crippen LogP contribution in [0.4, 0.5) is 0 Å². The molecule has 0 aromatic carbocycles. The third-order valence-electron chi connectivity index (χ3n) is 4.11. The molecule has 0 bridgehead atoms. The first-order valence-corrected chi connectivity index (χ1v) is 8.22. The Kier molecular flexibility index (Phi) is 3.80. The van der Waals surface area contributed by atoms with Gasteiger partial charge in [0.15, 0.2) is 0 Å². The molecule has 0 spiro atoms. The van der Waals surface area contributed by atoms with E-state index in [1.165, 1.54) is 25.0 Å². The monoisotopic (exact) mass is 275 g/mol. The molecular formula is C15H21N3S. The summed E-state index contributed by atoms with van der Waals surface area (Å²) in [6, 6.07) is 6.85. The maximum Gasteiger partial charge on any atom is 0.137 e. The van der Waals surface area contributed by atoms with E-state index < -0.39 is 0 Å². The van der Waals surface area contributed by atoms with Gasteiger partial charge in [0.05, 0.1) is 5.69 Å². The first-order valence-electron chi connectivity index (χ1n) is 6.93. The molecule has 3 rings (SSSR count). The summed E-state index contributed by atoms with van der Waals surface area (Å²) in [6.45, 7) is 0.948. The Labute approximate surface area is 119 Å². The summed E-state index contributed by atoms with van der Waals surface area (Å²) in [7, 11) is 2.24. The normalized spacial score (nSPS) is 23.5. The molecule has 102 valence electrons. The van der Waals surface area contributed by atoms with E-state index >= 15 is 0 Å². The van der Waals surface area contributed by atoms with Crippen LogP contribution in [0.3, 0.4) is 0 Å². The molecule has 0 amide bonds. The van der Waals surface area contributed by atoms with Gasteiger partial charge in [0.2, 0.25) is 0 Å². The zero-order valence-electron chi connectivity index (χ0n) is 11.6. The number of pyridine rings is 1. The Balaban J connectivity index is 1.73. The number of nitrogens with zero attached hydrogens (tertiary/aromatic N) is 3. The molecule has 2 unspecified atom stereocenters. The molecule has 1 saturated carbocycles. The lowest BCUT2D eigenvalue weighted by molar-refractivity contribution is 0.239. The predicted octanol–water partition coefficient (Wildman–Crippen LogP) is 3.05. The highest BCUT2D eigenvalue weighted by Crippen LogP contribution is 2.32. The van der Waals surface area contributed by atoms with Crippen LogP contribution in [0.25, 0.3) is 5.65 Å². The van der Waals surface area contributed by atoms with Crippen molar-refractivity contribution >= 4 is 17.4 Å². The standard InChI is InChI=1S/C15H21N3S/c1-17(13-6-5-7-14(13)19-2)10-12-11-18-9-4-3-8-15(18)16-12/h3-4,8-9,11,13-14H,5-7,10H2,1-2H3. The number of aromatic nitrogens is 2. The van der Waals surface area contributed by atoms with Crippen molar-refractivity contribution in [1.29, 1.82) is 0 Å². The number of hydrogen-bond acceptors (Lipinski definition) is 3. The summed E-state index contributed by atoms with van der Waals surface area (Å²) < 4.78 is 2.10. The van der Waals surface area contributed by atoms with Crippen LogP contribution in [0.15, 0.2) is 30.6 Å². The Hall–Kier alpha value is -1.00. The summed E-state index contributed by atoms with van der Waals surface area (Å²) in [4.78, 5) is 7.17. The molecule has 2 aromatic heterocycles. The highest BCUT2D eigenvalue weighted by molar-refractivity contribution is 7.99. The Morgan fingerprint density at radius 1 is 1.42 bits per heavy atom. The Morgan fingerprint density at radius 3 is 3.11 bits per heavy atom. The smallest absolute Gasteiger partial charge is 0.137 e. The van der Waals surface area contributed by atoms with Crippen molar-refractivity contribution in [2.24, 2.45) is 0 Å². The average Bonchev–Trinajstić information content (AvgIpc) is 3.03. The van der Waals surface area contributed by atoms with Crippen LogP contribution in [0, 0.1) is 0 Å². The van der Waals surface area contributed by atoms with Gasteiger partial charge in [-0.15, -0.1) is 0 Å². The van der Waals surface area contributed by atoms with Crippen LogP contribution in [0.2, 0.25) is 0 Å². The number of thioether (sulfide) groups is 1. The SMILES string of the molecule is CSC1CCCC1N(C)Cc1cn2ccccc2n1. The molecule has 0 radical (unpaired) electrons. The first-order chi connectivity index (χ1) is 9.28. The highest BCUT2D eigenvalue weighted by Gasteiger charge is 2.29. The van der Waals surface area contributed by atoms with Crippen molar-refractivity contribution in [1.82, 2.24) is 14.3 Å². The van der Waals surface area contributed by atoms with Gasteiger partial charge in [0, 0.05) is 30.2 Å². The topological polar surface area (TPSA) is 20.5 Å². The van der Waals surface area contributed by atoms with E-state index in [1.54, 1.807) is 0 Å². The van der Waals surface area contributed by atoms with Crippen molar-refractivity contribution in [3.8, 4) is 0 Å². The second kappa shape index (κ2) is 5.55. The average molecular weight is 275 g/mol. The molecule has 1 fully saturated rings. The van der Waals surface area contributed by atoms with Crippen molar-refractivity contribution in [2.45, 2.75) is 37.1 Å². The van der Waals surface area contributed by atoms with E-state index in [0.717, 1.165) is 17.4 Å². The van der Waals surface area contributed by atoms with Crippen molar-refractivity contribution < 1.29 is 0 Å². The van der Waals surface area contributed by atoms with Crippen molar-refractivity contribution in [3.05, 3.63) is 36.3 Å². The van der Waals surface area contributed by atoms with E-state index in [-0.39, 0.29) is 0 Å². The molecule has 2 atom stereocenters. The summed E-state index contributed by atoms with van der Waals surface area (Å²) in [5.41, 5.74) is 2.21. The minimum Gasteiger partial charge on any atom is -0.307 e. The zero-order chi connectivity index (χ0) is 13.2. The van der Waals surface area contributed by atoms with Crippen molar-refractivity contribution in [2.75, 3.05) is 13.3 Å². The fourth-order valence-corrected chi connectivity index (χ4v) is 4.18. The van der Waals surface area contributed by atoms with Gasteiger partial charge in [-0.25, -0.2) is 4.98 Å². The van der Waals surface area contributed by atoms with Crippen LogP contribution in [-0.4, -0.2) is 38.9 Å². The number of imidazole rings is 1. The van der Waals surface area contributed by atoms with E-state index in [1.807, 2.05) is 23.9 Å². The molecule has 3 nitrogen and oxygen atoms in total. The zero-order valence-corrected chi connectivity index (χ0v) is 12.4. The van der Waals surface area contributed by atoms with Gasteiger partial charge in [0.25, 0.3) is 0 Å². The van der Waals surface area contributed by atoms with E-state index in [4.69, 9.17) is 0 Å². The third kappa shape index (κ3) is 2.65. The van der Waals surface area contributed by atoms with Gasteiger partial charge >= 0.3 is 0 Å². The van der Waals surface area contributed by atoms with Crippen LogP contribution < -0.4 is 0 Å². The largest absolute Gasteiger partial charge is 0.307 e. The van der Waals surface area contributed by atoms with E-state index in [2.05, 4.69) is 46.0 Å². The van der Waals surface area contributed by atoms with Gasteiger partial charge in [0.1, 0.15) is 5.65 Å². The molecule has 0 N–H and O–H groups in total. The van der Waals surface area contributed by atoms with Crippen LogP contribution in [-0.2, 0) is 6.54 Å². The lowest BCUT2D eigenvalue weighted by Gasteiger charge is -2.28. The molecule has 0 saturated heterocycles.